The molecule has 0 saturated heterocycles. The molecule has 0 bridgehead atoms. The molecule has 2 rings (SSSR count). The topological polar surface area (TPSA) is 51.8 Å². The molecule has 2 aromatic heterocycles. The Kier molecular flexibility index (Phi) is 2.04. The zero-order valence-corrected chi connectivity index (χ0v) is 7.27. The van der Waals surface area contributed by atoms with Crippen LogP contribution in [0.4, 0.5) is 0 Å². The molecule has 0 unspecified atom stereocenters. The van der Waals surface area contributed by atoms with Crippen molar-refractivity contribution in [2.24, 2.45) is 0 Å². The highest BCUT2D eigenvalue weighted by Gasteiger charge is 2.03. The molecule has 0 aliphatic rings. The number of hydrogen-bond donors (Lipinski definition) is 0. The second-order valence-corrected chi connectivity index (χ2v) is 2.71. The van der Waals surface area contributed by atoms with E-state index in [0.717, 1.165) is 11.6 Å². The van der Waals surface area contributed by atoms with Gasteiger partial charge in [-0.3, -0.25) is 0 Å². The molecule has 0 N–H and O–H groups in total. The van der Waals surface area contributed by atoms with Crippen LogP contribution < -0.4 is 0 Å². The Hall–Kier alpha value is -1.71. The van der Waals surface area contributed by atoms with E-state index in [1.54, 1.807) is 24.7 Å². The summed E-state index contributed by atoms with van der Waals surface area (Å²) in [6.45, 7) is 1.86. The fraction of sp³-hybridized carbons (Fsp3) is 0.222. The maximum atomic E-state index is 5.30. The summed E-state index contributed by atoms with van der Waals surface area (Å²) in [6, 6.07) is 1.78. The van der Waals surface area contributed by atoms with Crippen LogP contribution in [-0.2, 0) is 6.42 Å². The summed E-state index contributed by atoms with van der Waals surface area (Å²) >= 11 is 0. The van der Waals surface area contributed by atoms with E-state index in [1.165, 1.54) is 0 Å². The monoisotopic (exact) mass is 175 g/mol. The predicted molar refractivity (Wildman–Crippen MR) is 46.1 cm³/mol. The van der Waals surface area contributed by atoms with Gasteiger partial charge >= 0.3 is 0 Å². The first-order valence-corrected chi connectivity index (χ1v) is 4.02. The van der Waals surface area contributed by atoms with E-state index in [1.807, 2.05) is 6.92 Å². The third-order valence-corrected chi connectivity index (χ3v) is 1.60. The van der Waals surface area contributed by atoms with Gasteiger partial charge in [-0.15, -0.1) is 0 Å². The summed E-state index contributed by atoms with van der Waals surface area (Å²) in [5, 5.41) is 0. The Morgan fingerprint density at radius 2 is 2.00 bits per heavy atom. The molecule has 0 aliphatic carbocycles. The lowest BCUT2D eigenvalue weighted by Crippen LogP contribution is -1.94. The van der Waals surface area contributed by atoms with Crippen molar-refractivity contribution in [1.29, 1.82) is 0 Å². The molecule has 0 fully saturated rings. The summed E-state index contributed by atoms with van der Waals surface area (Å²) in [5.74, 6) is 2.19. The summed E-state index contributed by atoms with van der Waals surface area (Å²) < 4.78 is 5.30. The minimum absolute atomic E-state index is 0.550. The van der Waals surface area contributed by atoms with Crippen molar-refractivity contribution in [2.75, 3.05) is 0 Å². The second-order valence-electron chi connectivity index (χ2n) is 2.71. The predicted octanol–water partition coefficient (Wildman–Crippen LogP) is 1.36. The Balaban J connectivity index is 2.15. The van der Waals surface area contributed by atoms with Crippen LogP contribution in [0, 0.1) is 6.92 Å². The number of rotatable bonds is 2. The highest BCUT2D eigenvalue weighted by atomic mass is 16.4. The lowest BCUT2D eigenvalue weighted by atomic mass is 10.4. The van der Waals surface area contributed by atoms with Crippen LogP contribution in [0.5, 0.6) is 0 Å². The van der Waals surface area contributed by atoms with E-state index in [4.69, 9.17) is 4.42 Å². The molecule has 0 radical (unpaired) electrons. The summed E-state index contributed by atoms with van der Waals surface area (Å²) in [5.41, 5.74) is 0. The average Bonchev–Trinajstić information content (AvgIpc) is 2.53. The largest absolute Gasteiger partial charge is 0.446 e. The van der Waals surface area contributed by atoms with E-state index in [-0.39, 0.29) is 0 Å². The molecule has 0 amide bonds. The first kappa shape index (κ1) is 7.91. The average molecular weight is 175 g/mol. The first-order valence-electron chi connectivity index (χ1n) is 4.02. The molecular weight excluding hydrogens is 166 g/mol. The Bertz CT molecular complexity index is 383. The van der Waals surface area contributed by atoms with Gasteiger partial charge in [-0.25, -0.2) is 15.0 Å². The van der Waals surface area contributed by atoms with E-state index in [2.05, 4.69) is 15.0 Å². The Labute approximate surface area is 75.7 Å². The Morgan fingerprint density at radius 3 is 2.62 bits per heavy atom. The second kappa shape index (κ2) is 3.35. The maximum Gasteiger partial charge on any atom is 0.201 e. The van der Waals surface area contributed by atoms with Crippen molar-refractivity contribution in [3.8, 4) is 0 Å². The van der Waals surface area contributed by atoms with Gasteiger partial charge in [-0.2, -0.15) is 0 Å². The van der Waals surface area contributed by atoms with Crippen LogP contribution >= 0.6 is 0 Å². The fourth-order valence-electron chi connectivity index (χ4n) is 1.04. The summed E-state index contributed by atoms with van der Waals surface area (Å²) in [7, 11) is 0. The van der Waals surface area contributed by atoms with Crippen molar-refractivity contribution < 1.29 is 4.42 Å². The molecule has 0 spiro atoms. The molecule has 0 aromatic carbocycles. The number of hydrogen-bond acceptors (Lipinski definition) is 4. The lowest BCUT2D eigenvalue weighted by Gasteiger charge is -1.93. The molecule has 0 atom stereocenters. The highest BCUT2D eigenvalue weighted by Crippen LogP contribution is 2.05. The molecule has 0 aliphatic heterocycles. The number of aromatic nitrogens is 3. The maximum absolute atomic E-state index is 5.30. The van der Waals surface area contributed by atoms with Gasteiger partial charge in [-0.05, 0) is 13.0 Å². The minimum Gasteiger partial charge on any atom is -0.446 e. The van der Waals surface area contributed by atoms with Crippen molar-refractivity contribution in [1.82, 2.24) is 15.0 Å². The molecule has 4 heteroatoms. The first-order chi connectivity index (χ1) is 6.34. The van der Waals surface area contributed by atoms with Crippen molar-refractivity contribution in [3.63, 3.8) is 0 Å². The minimum atomic E-state index is 0.550. The van der Waals surface area contributed by atoms with Crippen LogP contribution in [-0.4, -0.2) is 15.0 Å². The Morgan fingerprint density at radius 1 is 1.23 bits per heavy atom. The molecule has 0 saturated carbocycles. The normalized spacial score (nSPS) is 10.2. The van der Waals surface area contributed by atoms with Gasteiger partial charge in [0.1, 0.15) is 11.6 Å². The highest BCUT2D eigenvalue weighted by molar-refractivity contribution is 4.99. The zero-order chi connectivity index (χ0) is 9.10. The van der Waals surface area contributed by atoms with Crippen LogP contribution in [0.15, 0.2) is 29.1 Å². The standard InChI is InChI=1S/C9H9N3O/c1-7-6-12-9(13-7)5-8-10-3-2-4-11-8/h2-4,6H,5H2,1H3. The molecular formula is C9H9N3O. The fourth-order valence-corrected chi connectivity index (χ4v) is 1.04. The molecule has 2 heterocycles. The third-order valence-electron chi connectivity index (χ3n) is 1.60. The number of nitrogens with zero attached hydrogens (tertiary/aromatic N) is 3. The number of oxazole rings is 1. The SMILES string of the molecule is Cc1cnc(Cc2ncccn2)o1. The van der Waals surface area contributed by atoms with Crippen molar-refractivity contribution in [2.45, 2.75) is 13.3 Å². The lowest BCUT2D eigenvalue weighted by molar-refractivity contribution is 0.478. The van der Waals surface area contributed by atoms with Gasteiger partial charge in [0.15, 0.2) is 0 Å². The van der Waals surface area contributed by atoms with Crippen molar-refractivity contribution >= 4 is 0 Å². The summed E-state index contributed by atoms with van der Waals surface area (Å²) in [6.07, 6.45) is 5.66. The zero-order valence-electron chi connectivity index (χ0n) is 7.27. The van der Waals surface area contributed by atoms with E-state index in [0.29, 0.717) is 12.3 Å². The van der Waals surface area contributed by atoms with Gasteiger partial charge in [0, 0.05) is 12.4 Å². The molecule has 13 heavy (non-hydrogen) atoms. The van der Waals surface area contributed by atoms with Gasteiger partial charge in [0.2, 0.25) is 5.89 Å². The van der Waals surface area contributed by atoms with Crippen LogP contribution in [0.3, 0.4) is 0 Å². The van der Waals surface area contributed by atoms with Crippen LogP contribution in [0.1, 0.15) is 17.5 Å². The smallest absolute Gasteiger partial charge is 0.201 e. The quantitative estimate of drug-likeness (QED) is 0.691. The van der Waals surface area contributed by atoms with E-state index >= 15 is 0 Å². The number of aryl methyl sites for hydroxylation is 1. The van der Waals surface area contributed by atoms with Gasteiger partial charge in [0.25, 0.3) is 0 Å². The summed E-state index contributed by atoms with van der Waals surface area (Å²) in [4.78, 5) is 12.2. The van der Waals surface area contributed by atoms with Gasteiger partial charge in [0.05, 0.1) is 12.6 Å². The van der Waals surface area contributed by atoms with Crippen LogP contribution in [0.2, 0.25) is 0 Å². The van der Waals surface area contributed by atoms with Crippen molar-refractivity contribution in [3.05, 3.63) is 42.1 Å². The third kappa shape index (κ3) is 1.90. The van der Waals surface area contributed by atoms with E-state index in [9.17, 15) is 0 Å². The van der Waals surface area contributed by atoms with Crippen LogP contribution in [0.25, 0.3) is 0 Å². The molecule has 66 valence electrons. The molecule has 2 aromatic rings. The van der Waals surface area contributed by atoms with Gasteiger partial charge < -0.3 is 4.42 Å². The van der Waals surface area contributed by atoms with Gasteiger partial charge in [-0.1, -0.05) is 0 Å². The molecule has 4 nitrogen and oxygen atoms in total. The van der Waals surface area contributed by atoms with E-state index < -0.39 is 0 Å².